The highest BCUT2D eigenvalue weighted by atomic mass is 35.5. The van der Waals surface area contributed by atoms with Gasteiger partial charge in [0.15, 0.2) is 0 Å². The number of aromatic carboxylic acids is 1. The van der Waals surface area contributed by atoms with Crippen LogP contribution in [0.1, 0.15) is 10.4 Å². The number of anilines is 1. The number of halogens is 5. The highest BCUT2D eigenvalue weighted by Gasteiger charge is 2.40. The number of hydrogen-bond donors (Lipinski definition) is 2. The number of carbonyl (C=O) groups is 1. The molecule has 1 aromatic rings. The Hall–Kier alpha value is -1.57. The van der Waals surface area contributed by atoms with Gasteiger partial charge in [-0.15, -0.1) is 0 Å². The van der Waals surface area contributed by atoms with Gasteiger partial charge in [-0.05, 0) is 6.07 Å². The van der Waals surface area contributed by atoms with E-state index in [0.717, 1.165) is 12.3 Å². The minimum atomic E-state index is -4.23. The van der Waals surface area contributed by atoms with Crippen LogP contribution in [0.25, 0.3) is 0 Å². The number of aromatic nitrogens is 1. The lowest BCUT2D eigenvalue weighted by Gasteiger charge is -2.16. The lowest BCUT2D eigenvalue weighted by molar-refractivity contribution is -0.117. The van der Waals surface area contributed by atoms with Crippen molar-refractivity contribution >= 4 is 23.4 Å². The topological polar surface area (TPSA) is 62.2 Å². The molecule has 1 aromatic heterocycles. The Bertz CT molecular complexity index is 456. The molecule has 0 spiro atoms. The molecule has 0 aliphatic heterocycles. The van der Waals surface area contributed by atoms with Gasteiger partial charge in [0, 0.05) is 6.20 Å². The molecule has 0 aromatic carbocycles. The Morgan fingerprint density at radius 1 is 1.56 bits per heavy atom. The first-order valence-electron chi connectivity index (χ1n) is 4.52. The van der Waals surface area contributed by atoms with Gasteiger partial charge in [-0.25, -0.2) is 18.6 Å². The molecular weight excluding hydrogens is 280 g/mol. The van der Waals surface area contributed by atoms with E-state index in [2.05, 4.69) is 4.98 Å². The van der Waals surface area contributed by atoms with Crippen LogP contribution < -0.4 is 5.32 Å². The molecular formula is C9H7ClF4N2O2. The molecule has 0 unspecified atom stereocenters. The molecule has 100 valence electrons. The van der Waals surface area contributed by atoms with E-state index in [1.807, 2.05) is 5.32 Å². The first-order chi connectivity index (χ1) is 8.24. The van der Waals surface area contributed by atoms with Gasteiger partial charge in [0.25, 0.3) is 0 Å². The maximum Gasteiger partial charge on any atom is 0.337 e. The second-order valence-corrected chi connectivity index (χ2v) is 3.68. The summed E-state index contributed by atoms with van der Waals surface area (Å²) < 4.78 is 48.9. The van der Waals surface area contributed by atoms with Crippen LogP contribution in [0.3, 0.4) is 0 Å². The summed E-state index contributed by atoms with van der Waals surface area (Å²) in [5, 5.41) is 10.3. The van der Waals surface area contributed by atoms with Gasteiger partial charge in [-0.1, -0.05) is 11.6 Å². The molecule has 4 nitrogen and oxygen atoms in total. The summed E-state index contributed by atoms with van der Waals surface area (Å²) in [7, 11) is 0. The van der Waals surface area contributed by atoms with E-state index in [1.54, 1.807) is 0 Å². The van der Waals surface area contributed by atoms with E-state index in [1.165, 1.54) is 0 Å². The fourth-order valence-electron chi connectivity index (χ4n) is 0.964. The van der Waals surface area contributed by atoms with Crippen molar-refractivity contribution in [2.45, 2.75) is 12.3 Å². The minimum absolute atomic E-state index is 0.244. The zero-order chi connectivity index (χ0) is 13.9. The molecule has 1 rings (SSSR count). The summed E-state index contributed by atoms with van der Waals surface area (Å²) >= 11 is 5.56. The average Bonchev–Trinajstić information content (AvgIpc) is 2.26. The van der Waals surface area contributed by atoms with Gasteiger partial charge >= 0.3 is 18.3 Å². The Morgan fingerprint density at radius 2 is 2.17 bits per heavy atom. The highest BCUT2D eigenvalue weighted by Crippen LogP contribution is 2.25. The third-order valence-electron chi connectivity index (χ3n) is 1.90. The first kappa shape index (κ1) is 14.5. The van der Waals surface area contributed by atoms with Crippen molar-refractivity contribution in [3.63, 3.8) is 0 Å². The molecule has 0 fully saturated rings. The largest absolute Gasteiger partial charge is 0.478 e. The molecule has 0 saturated carbocycles. The van der Waals surface area contributed by atoms with E-state index in [-0.39, 0.29) is 16.4 Å². The smallest absolute Gasteiger partial charge is 0.337 e. The summed E-state index contributed by atoms with van der Waals surface area (Å²) in [5.74, 6) is -5.81. The van der Waals surface area contributed by atoms with Crippen molar-refractivity contribution in [3.8, 4) is 0 Å². The molecule has 0 aliphatic carbocycles. The zero-order valence-corrected chi connectivity index (χ0v) is 9.39. The zero-order valence-electron chi connectivity index (χ0n) is 8.63. The predicted octanol–water partition coefficient (Wildman–Crippen LogP) is 2.75. The molecule has 1 heterocycles. The van der Waals surface area contributed by atoms with Crippen molar-refractivity contribution in [1.82, 2.24) is 4.98 Å². The van der Waals surface area contributed by atoms with Crippen LogP contribution in [0.15, 0.2) is 12.3 Å². The van der Waals surface area contributed by atoms with Gasteiger partial charge in [-0.3, -0.25) is 0 Å². The van der Waals surface area contributed by atoms with Crippen LogP contribution in [0.4, 0.5) is 23.4 Å². The molecule has 9 heteroatoms. The number of alkyl halides is 4. The summed E-state index contributed by atoms with van der Waals surface area (Å²) in [6, 6.07) is 0.972. The van der Waals surface area contributed by atoms with Gasteiger partial charge < -0.3 is 10.4 Å². The van der Waals surface area contributed by atoms with Crippen LogP contribution in [-0.4, -0.2) is 35.0 Å². The van der Waals surface area contributed by atoms with Crippen molar-refractivity contribution in [3.05, 3.63) is 22.8 Å². The Kier molecular flexibility index (Phi) is 4.33. The third-order valence-corrected chi connectivity index (χ3v) is 2.19. The number of carboxylic acid groups (broad SMARTS) is 1. The highest BCUT2D eigenvalue weighted by molar-refractivity contribution is 6.33. The van der Waals surface area contributed by atoms with E-state index >= 15 is 0 Å². The summed E-state index contributed by atoms with van der Waals surface area (Å²) in [6.07, 6.45) is -2.95. The van der Waals surface area contributed by atoms with Crippen LogP contribution in [0, 0.1) is 0 Å². The third kappa shape index (κ3) is 3.46. The van der Waals surface area contributed by atoms with Crippen molar-refractivity contribution < 1.29 is 27.5 Å². The number of nitrogens with zero attached hydrogens (tertiary/aromatic N) is 1. The number of carboxylic acids is 1. The van der Waals surface area contributed by atoms with Gasteiger partial charge in [0.2, 0.25) is 0 Å². The lowest BCUT2D eigenvalue weighted by atomic mass is 10.3. The number of rotatable bonds is 5. The van der Waals surface area contributed by atoms with E-state index in [4.69, 9.17) is 16.7 Å². The number of nitrogens with one attached hydrogen (secondary N) is 1. The molecule has 18 heavy (non-hydrogen) atoms. The fourth-order valence-corrected chi connectivity index (χ4v) is 1.20. The standard InChI is InChI=1S/C9H7ClF4N2O2/c10-5-1-4(7(17)18)2-15-6(5)16-3-9(13,14)8(11)12/h1-2,8H,3H2,(H,15,16)(H,17,18). The Balaban J connectivity index is 2.78. The molecule has 0 radical (unpaired) electrons. The maximum absolute atomic E-state index is 12.6. The van der Waals surface area contributed by atoms with Crippen LogP contribution in [0.2, 0.25) is 5.02 Å². The minimum Gasteiger partial charge on any atom is -0.478 e. The van der Waals surface area contributed by atoms with Crippen molar-refractivity contribution in [2.24, 2.45) is 0 Å². The summed E-state index contributed by atoms with van der Waals surface area (Å²) in [6.45, 7) is -1.36. The first-order valence-corrected chi connectivity index (χ1v) is 4.90. The molecule has 0 atom stereocenters. The van der Waals surface area contributed by atoms with E-state index in [9.17, 15) is 22.4 Å². The monoisotopic (exact) mass is 286 g/mol. The summed E-state index contributed by atoms with van der Waals surface area (Å²) in [5.41, 5.74) is -0.244. The van der Waals surface area contributed by atoms with Gasteiger partial charge in [-0.2, -0.15) is 8.78 Å². The van der Waals surface area contributed by atoms with E-state index in [0.29, 0.717) is 0 Å². The quantitative estimate of drug-likeness (QED) is 0.817. The fraction of sp³-hybridized carbons (Fsp3) is 0.333. The predicted molar refractivity (Wildman–Crippen MR) is 55.6 cm³/mol. The van der Waals surface area contributed by atoms with Crippen molar-refractivity contribution in [1.29, 1.82) is 0 Å². The molecule has 0 saturated heterocycles. The maximum atomic E-state index is 12.6. The Morgan fingerprint density at radius 3 is 2.61 bits per heavy atom. The normalized spacial score (nSPS) is 11.7. The second kappa shape index (κ2) is 5.38. The van der Waals surface area contributed by atoms with Crippen LogP contribution >= 0.6 is 11.6 Å². The number of pyridine rings is 1. The molecule has 0 amide bonds. The van der Waals surface area contributed by atoms with Gasteiger partial charge in [0.05, 0.1) is 17.1 Å². The van der Waals surface area contributed by atoms with Crippen LogP contribution in [0.5, 0.6) is 0 Å². The van der Waals surface area contributed by atoms with Crippen molar-refractivity contribution in [2.75, 3.05) is 11.9 Å². The molecule has 0 aliphatic rings. The lowest BCUT2D eigenvalue weighted by Crippen LogP contribution is -2.35. The van der Waals surface area contributed by atoms with E-state index < -0.39 is 24.9 Å². The Labute approximate surface area is 104 Å². The van der Waals surface area contributed by atoms with Crippen LogP contribution in [-0.2, 0) is 0 Å². The SMILES string of the molecule is O=C(O)c1cnc(NCC(F)(F)C(F)F)c(Cl)c1. The van der Waals surface area contributed by atoms with Gasteiger partial charge in [0.1, 0.15) is 5.82 Å². The summed E-state index contributed by atoms with van der Waals surface area (Å²) in [4.78, 5) is 14.0. The second-order valence-electron chi connectivity index (χ2n) is 3.27. The molecule has 2 N–H and O–H groups in total. The number of hydrogen-bond acceptors (Lipinski definition) is 3. The average molecular weight is 287 g/mol. The molecule has 0 bridgehead atoms.